The average Bonchev–Trinajstić information content (AvgIpc) is 2.46. The van der Waals surface area contributed by atoms with E-state index in [1.165, 1.54) is 0 Å². The highest BCUT2D eigenvalue weighted by atomic mass is 35.5. The summed E-state index contributed by atoms with van der Waals surface area (Å²) in [6.45, 7) is 3.55. The van der Waals surface area contributed by atoms with Gasteiger partial charge in [0, 0.05) is 24.5 Å². The maximum Gasteiger partial charge on any atom is 0.303 e. The first-order valence-electron chi connectivity index (χ1n) is 7.46. The van der Waals surface area contributed by atoms with Crippen LogP contribution in [0.4, 0.5) is 0 Å². The van der Waals surface area contributed by atoms with E-state index in [4.69, 9.17) is 21.4 Å². The molecule has 0 bridgehead atoms. The number of carboxylic acids is 1. The van der Waals surface area contributed by atoms with Crippen LogP contribution in [0, 0.1) is 5.92 Å². The van der Waals surface area contributed by atoms with Crippen molar-refractivity contribution >= 4 is 17.6 Å². The minimum Gasteiger partial charge on any atom is -0.492 e. The van der Waals surface area contributed by atoms with Gasteiger partial charge in [0.15, 0.2) is 0 Å². The molecule has 1 aliphatic rings. The van der Waals surface area contributed by atoms with Gasteiger partial charge in [-0.05, 0) is 49.9 Å². The molecule has 1 saturated heterocycles. The normalized spacial score (nSPS) is 19.4. The van der Waals surface area contributed by atoms with Crippen molar-refractivity contribution in [3.05, 3.63) is 29.3 Å². The number of rotatable bonds is 7. The lowest BCUT2D eigenvalue weighted by Gasteiger charge is -2.32. The molecule has 116 valence electrons. The van der Waals surface area contributed by atoms with Gasteiger partial charge in [-0.1, -0.05) is 17.7 Å². The van der Waals surface area contributed by atoms with Crippen molar-refractivity contribution in [3.63, 3.8) is 0 Å². The summed E-state index contributed by atoms with van der Waals surface area (Å²) in [4.78, 5) is 13.0. The van der Waals surface area contributed by atoms with Gasteiger partial charge in [0.2, 0.25) is 0 Å². The van der Waals surface area contributed by atoms with Crippen LogP contribution in [0.5, 0.6) is 5.75 Å². The van der Waals surface area contributed by atoms with E-state index in [1.54, 1.807) is 0 Å². The Balaban J connectivity index is 1.69. The fourth-order valence-electron chi connectivity index (χ4n) is 2.77. The van der Waals surface area contributed by atoms with Gasteiger partial charge < -0.3 is 9.84 Å². The third-order valence-corrected chi connectivity index (χ3v) is 4.08. The molecule has 1 atom stereocenters. The minimum absolute atomic E-state index is 0.275. The Hall–Kier alpha value is -1.26. The maximum atomic E-state index is 10.6. The highest BCUT2D eigenvalue weighted by Crippen LogP contribution is 2.21. The minimum atomic E-state index is -0.698. The number of carbonyl (C=O) groups is 1. The molecule has 1 heterocycles. The fraction of sp³-hybridized carbons (Fsp3) is 0.562. The Morgan fingerprint density at radius 1 is 1.48 bits per heavy atom. The molecule has 0 aromatic heterocycles. The number of hydrogen-bond donors (Lipinski definition) is 1. The van der Waals surface area contributed by atoms with E-state index in [9.17, 15) is 4.79 Å². The average molecular weight is 312 g/mol. The molecule has 0 amide bonds. The Bertz CT molecular complexity index is 467. The lowest BCUT2D eigenvalue weighted by molar-refractivity contribution is -0.137. The SMILES string of the molecule is O=C(O)CCC1CCCN(CCOc2cccc(Cl)c2)C1. The van der Waals surface area contributed by atoms with Gasteiger partial charge in [-0.3, -0.25) is 9.69 Å². The first-order chi connectivity index (χ1) is 10.1. The summed E-state index contributed by atoms with van der Waals surface area (Å²) in [7, 11) is 0. The van der Waals surface area contributed by atoms with E-state index >= 15 is 0 Å². The summed E-state index contributed by atoms with van der Waals surface area (Å²) < 4.78 is 5.70. The van der Waals surface area contributed by atoms with E-state index in [0.717, 1.165) is 44.6 Å². The highest BCUT2D eigenvalue weighted by molar-refractivity contribution is 6.30. The molecule has 5 heteroatoms. The molecule has 4 nitrogen and oxygen atoms in total. The van der Waals surface area contributed by atoms with Crippen molar-refractivity contribution in [1.29, 1.82) is 0 Å². The van der Waals surface area contributed by atoms with Crippen LogP contribution < -0.4 is 4.74 Å². The predicted molar refractivity (Wildman–Crippen MR) is 83.0 cm³/mol. The van der Waals surface area contributed by atoms with E-state index in [0.29, 0.717) is 17.5 Å². The summed E-state index contributed by atoms with van der Waals surface area (Å²) in [5.41, 5.74) is 0. The van der Waals surface area contributed by atoms with Crippen LogP contribution in [0.25, 0.3) is 0 Å². The number of aliphatic carboxylic acids is 1. The predicted octanol–water partition coefficient (Wildman–Crippen LogP) is 3.30. The first-order valence-corrected chi connectivity index (χ1v) is 7.84. The maximum absolute atomic E-state index is 10.6. The van der Waals surface area contributed by atoms with Gasteiger partial charge in [0.25, 0.3) is 0 Å². The standard InChI is InChI=1S/C16H22ClNO3/c17-14-4-1-5-15(11-14)21-10-9-18-8-2-3-13(12-18)6-7-16(19)20/h1,4-5,11,13H,2-3,6-10,12H2,(H,19,20). The van der Waals surface area contributed by atoms with Gasteiger partial charge in [0.05, 0.1) is 0 Å². The van der Waals surface area contributed by atoms with E-state index in [-0.39, 0.29) is 6.42 Å². The zero-order valence-corrected chi connectivity index (χ0v) is 12.9. The molecule has 21 heavy (non-hydrogen) atoms. The Morgan fingerprint density at radius 2 is 2.33 bits per heavy atom. The van der Waals surface area contributed by atoms with Gasteiger partial charge in [-0.2, -0.15) is 0 Å². The molecular weight excluding hydrogens is 290 g/mol. The van der Waals surface area contributed by atoms with Crippen molar-refractivity contribution in [1.82, 2.24) is 4.90 Å². The van der Waals surface area contributed by atoms with E-state index in [1.807, 2.05) is 24.3 Å². The van der Waals surface area contributed by atoms with Crippen molar-refractivity contribution in [3.8, 4) is 5.75 Å². The molecule has 1 aromatic carbocycles. The Kier molecular flexibility index (Phi) is 6.33. The van der Waals surface area contributed by atoms with Crippen LogP contribution in [0.1, 0.15) is 25.7 Å². The van der Waals surface area contributed by atoms with Crippen LogP contribution in [0.3, 0.4) is 0 Å². The first kappa shape index (κ1) is 16.1. The second kappa shape index (κ2) is 8.25. The number of likely N-dealkylation sites (tertiary alicyclic amines) is 1. The van der Waals surface area contributed by atoms with Crippen molar-refractivity contribution < 1.29 is 14.6 Å². The molecule has 2 rings (SSSR count). The number of piperidine rings is 1. The van der Waals surface area contributed by atoms with Crippen molar-refractivity contribution in [2.45, 2.75) is 25.7 Å². The summed E-state index contributed by atoms with van der Waals surface area (Å²) in [6, 6.07) is 7.41. The van der Waals surface area contributed by atoms with Crippen LogP contribution >= 0.6 is 11.6 Å². The molecule has 1 aliphatic heterocycles. The lowest BCUT2D eigenvalue weighted by atomic mass is 9.93. The Morgan fingerprint density at radius 3 is 3.10 bits per heavy atom. The van der Waals surface area contributed by atoms with Crippen molar-refractivity contribution in [2.75, 3.05) is 26.2 Å². The van der Waals surface area contributed by atoms with Crippen LogP contribution in [0.2, 0.25) is 5.02 Å². The molecule has 0 spiro atoms. The Labute approximate surface area is 130 Å². The summed E-state index contributed by atoms with van der Waals surface area (Å²) in [5.74, 6) is 0.597. The third kappa shape index (κ3) is 5.94. The van der Waals surface area contributed by atoms with Crippen molar-refractivity contribution in [2.24, 2.45) is 5.92 Å². The van der Waals surface area contributed by atoms with Crippen LogP contribution in [-0.4, -0.2) is 42.2 Å². The van der Waals surface area contributed by atoms with Gasteiger partial charge in [-0.15, -0.1) is 0 Å². The molecule has 0 aliphatic carbocycles. The molecule has 1 unspecified atom stereocenters. The van der Waals surface area contributed by atoms with Gasteiger partial charge in [0.1, 0.15) is 12.4 Å². The molecule has 1 N–H and O–H groups in total. The fourth-order valence-corrected chi connectivity index (χ4v) is 2.95. The number of benzene rings is 1. The number of nitrogens with zero attached hydrogens (tertiary/aromatic N) is 1. The van der Waals surface area contributed by atoms with E-state index in [2.05, 4.69) is 4.90 Å². The number of carboxylic acid groups (broad SMARTS) is 1. The summed E-state index contributed by atoms with van der Waals surface area (Å²) in [6.07, 6.45) is 3.33. The number of hydrogen-bond acceptors (Lipinski definition) is 3. The molecule has 1 aromatic rings. The largest absolute Gasteiger partial charge is 0.492 e. The van der Waals surface area contributed by atoms with Crippen LogP contribution in [-0.2, 0) is 4.79 Å². The second-order valence-corrected chi connectivity index (χ2v) is 5.98. The smallest absolute Gasteiger partial charge is 0.303 e. The zero-order chi connectivity index (χ0) is 15.1. The zero-order valence-electron chi connectivity index (χ0n) is 12.1. The summed E-state index contributed by atoms with van der Waals surface area (Å²) in [5, 5.41) is 9.44. The highest BCUT2D eigenvalue weighted by Gasteiger charge is 2.20. The molecular formula is C16H22ClNO3. The second-order valence-electron chi connectivity index (χ2n) is 5.55. The lowest BCUT2D eigenvalue weighted by Crippen LogP contribution is -2.38. The van der Waals surface area contributed by atoms with Gasteiger partial charge in [-0.25, -0.2) is 0 Å². The number of halogens is 1. The molecule has 1 fully saturated rings. The van der Waals surface area contributed by atoms with E-state index < -0.39 is 5.97 Å². The number of ether oxygens (including phenoxy) is 1. The molecule has 0 radical (unpaired) electrons. The monoisotopic (exact) mass is 311 g/mol. The molecule has 0 saturated carbocycles. The quantitative estimate of drug-likeness (QED) is 0.839. The van der Waals surface area contributed by atoms with Gasteiger partial charge >= 0.3 is 5.97 Å². The van der Waals surface area contributed by atoms with Crippen LogP contribution in [0.15, 0.2) is 24.3 Å². The summed E-state index contributed by atoms with van der Waals surface area (Å²) >= 11 is 5.91. The third-order valence-electron chi connectivity index (χ3n) is 3.84. The topological polar surface area (TPSA) is 49.8 Å².